The number of amides is 1. The van der Waals surface area contributed by atoms with Gasteiger partial charge in [-0.1, -0.05) is 18.2 Å². The van der Waals surface area contributed by atoms with Gasteiger partial charge in [0, 0.05) is 31.0 Å². The Morgan fingerprint density at radius 2 is 1.86 bits per heavy atom. The third kappa shape index (κ3) is 2.39. The number of aromatic nitrogens is 1. The fraction of sp³-hybridized carbons (Fsp3) is 0.375. The molecule has 0 atom stereocenters. The molecule has 1 aromatic heterocycles. The number of carbonyl (C=O) groups is 2. The number of piperidine rings is 1. The van der Waals surface area contributed by atoms with Crippen LogP contribution in [0.4, 0.5) is 0 Å². The molecule has 0 spiro atoms. The molecule has 1 saturated heterocycles. The predicted octanol–water partition coefficient (Wildman–Crippen LogP) is 2.12. The molecule has 1 fully saturated rings. The van der Waals surface area contributed by atoms with Crippen molar-refractivity contribution in [2.75, 3.05) is 13.1 Å². The Hall–Kier alpha value is -2.30. The van der Waals surface area contributed by atoms with Crippen molar-refractivity contribution in [2.45, 2.75) is 12.8 Å². The number of carboxylic acid groups (broad SMARTS) is 1. The lowest BCUT2D eigenvalue weighted by atomic mass is 9.97. The molecule has 2 heterocycles. The number of carbonyl (C=O) groups excluding carboxylic acids is 1. The van der Waals surface area contributed by atoms with E-state index in [1.165, 1.54) is 0 Å². The lowest BCUT2D eigenvalue weighted by molar-refractivity contribution is -0.143. The molecule has 0 bridgehead atoms. The molecule has 5 heteroatoms. The molecule has 3 rings (SSSR count). The average molecular weight is 286 g/mol. The molecule has 1 N–H and O–H groups in total. The molecule has 1 aliphatic heterocycles. The zero-order valence-electron chi connectivity index (χ0n) is 12.0. The van der Waals surface area contributed by atoms with Crippen LogP contribution in [-0.4, -0.2) is 39.5 Å². The van der Waals surface area contributed by atoms with Gasteiger partial charge >= 0.3 is 5.97 Å². The Morgan fingerprint density at radius 1 is 1.19 bits per heavy atom. The highest BCUT2D eigenvalue weighted by molar-refractivity contribution is 5.98. The Kier molecular flexibility index (Phi) is 3.41. The van der Waals surface area contributed by atoms with Crippen molar-refractivity contribution in [3.63, 3.8) is 0 Å². The first kappa shape index (κ1) is 13.7. The number of benzene rings is 1. The second-order valence-corrected chi connectivity index (χ2v) is 5.55. The highest BCUT2D eigenvalue weighted by atomic mass is 16.4. The van der Waals surface area contributed by atoms with Crippen LogP contribution in [0.1, 0.15) is 23.3 Å². The third-order valence-electron chi connectivity index (χ3n) is 4.30. The second-order valence-electron chi connectivity index (χ2n) is 5.55. The molecule has 1 aliphatic rings. The smallest absolute Gasteiger partial charge is 0.306 e. The number of rotatable bonds is 2. The van der Waals surface area contributed by atoms with E-state index in [9.17, 15) is 9.59 Å². The Bertz CT molecular complexity index is 697. The zero-order chi connectivity index (χ0) is 15.0. The van der Waals surface area contributed by atoms with Crippen LogP contribution in [0.25, 0.3) is 10.9 Å². The van der Waals surface area contributed by atoms with Gasteiger partial charge in [-0.3, -0.25) is 9.59 Å². The summed E-state index contributed by atoms with van der Waals surface area (Å²) in [4.78, 5) is 25.3. The molecule has 110 valence electrons. The summed E-state index contributed by atoms with van der Waals surface area (Å²) in [5.41, 5.74) is 1.69. The maximum absolute atomic E-state index is 12.6. The minimum Gasteiger partial charge on any atom is -0.481 e. The van der Waals surface area contributed by atoms with E-state index in [1.807, 2.05) is 41.9 Å². The minimum atomic E-state index is -0.758. The van der Waals surface area contributed by atoms with Crippen molar-refractivity contribution in [1.82, 2.24) is 9.47 Å². The summed E-state index contributed by atoms with van der Waals surface area (Å²) in [7, 11) is 1.89. The summed E-state index contributed by atoms with van der Waals surface area (Å²) >= 11 is 0. The monoisotopic (exact) mass is 286 g/mol. The van der Waals surface area contributed by atoms with E-state index in [0.29, 0.717) is 31.6 Å². The lowest BCUT2D eigenvalue weighted by Gasteiger charge is -2.30. The molecule has 0 radical (unpaired) electrons. The van der Waals surface area contributed by atoms with Gasteiger partial charge in [0.2, 0.25) is 0 Å². The van der Waals surface area contributed by atoms with Crippen LogP contribution in [0.2, 0.25) is 0 Å². The molecule has 2 aromatic rings. The van der Waals surface area contributed by atoms with E-state index < -0.39 is 5.97 Å². The summed E-state index contributed by atoms with van der Waals surface area (Å²) in [5, 5.41) is 10.1. The number of fused-ring (bicyclic) bond motifs is 1. The Labute approximate surface area is 122 Å². The summed E-state index contributed by atoms with van der Waals surface area (Å²) < 4.78 is 1.90. The molecule has 0 saturated carbocycles. The molecular weight excluding hydrogens is 268 g/mol. The van der Waals surface area contributed by atoms with Crippen LogP contribution >= 0.6 is 0 Å². The van der Waals surface area contributed by atoms with Crippen molar-refractivity contribution in [3.05, 3.63) is 36.0 Å². The maximum Gasteiger partial charge on any atom is 0.306 e. The van der Waals surface area contributed by atoms with Gasteiger partial charge in [-0.2, -0.15) is 0 Å². The van der Waals surface area contributed by atoms with Gasteiger partial charge < -0.3 is 14.6 Å². The SMILES string of the molecule is Cn1c(C(=O)N2CCC(C(=O)O)CC2)cc2ccccc21. The third-order valence-corrected chi connectivity index (χ3v) is 4.30. The van der Waals surface area contributed by atoms with Gasteiger partial charge in [-0.05, 0) is 25.0 Å². The molecule has 1 amide bonds. The van der Waals surface area contributed by atoms with E-state index >= 15 is 0 Å². The number of aliphatic carboxylic acids is 1. The number of hydrogen-bond donors (Lipinski definition) is 1. The lowest BCUT2D eigenvalue weighted by Crippen LogP contribution is -2.40. The van der Waals surface area contributed by atoms with Crippen LogP contribution < -0.4 is 0 Å². The standard InChI is InChI=1S/C16H18N2O3/c1-17-13-5-3-2-4-12(13)10-14(17)15(19)18-8-6-11(7-9-18)16(20)21/h2-5,10-11H,6-9H2,1H3,(H,20,21). The van der Waals surface area contributed by atoms with Gasteiger partial charge in [0.1, 0.15) is 5.69 Å². The topological polar surface area (TPSA) is 62.5 Å². The largest absolute Gasteiger partial charge is 0.481 e. The number of likely N-dealkylation sites (tertiary alicyclic amines) is 1. The first-order chi connectivity index (χ1) is 10.1. The first-order valence-electron chi connectivity index (χ1n) is 7.14. The maximum atomic E-state index is 12.6. The minimum absolute atomic E-state index is 0.0162. The fourth-order valence-electron chi connectivity index (χ4n) is 2.99. The summed E-state index contributed by atoms with van der Waals surface area (Å²) in [6.45, 7) is 1.02. The first-order valence-corrected chi connectivity index (χ1v) is 7.14. The fourth-order valence-corrected chi connectivity index (χ4v) is 2.99. The van der Waals surface area contributed by atoms with Crippen LogP contribution in [0.3, 0.4) is 0 Å². The number of aryl methyl sites for hydroxylation is 1. The second kappa shape index (κ2) is 5.24. The predicted molar refractivity (Wildman–Crippen MR) is 79.2 cm³/mol. The van der Waals surface area contributed by atoms with Crippen molar-refractivity contribution in [1.29, 1.82) is 0 Å². The highest BCUT2D eigenvalue weighted by Gasteiger charge is 2.28. The van der Waals surface area contributed by atoms with Crippen LogP contribution in [0, 0.1) is 5.92 Å². The van der Waals surface area contributed by atoms with Gasteiger partial charge in [-0.15, -0.1) is 0 Å². The number of hydrogen-bond acceptors (Lipinski definition) is 2. The highest BCUT2D eigenvalue weighted by Crippen LogP contribution is 2.23. The molecule has 0 unspecified atom stereocenters. The molecule has 0 aliphatic carbocycles. The van der Waals surface area contributed by atoms with Gasteiger partial charge in [0.15, 0.2) is 0 Å². The Morgan fingerprint density at radius 3 is 2.48 bits per heavy atom. The van der Waals surface area contributed by atoms with E-state index in [2.05, 4.69) is 0 Å². The zero-order valence-corrected chi connectivity index (χ0v) is 12.0. The molecule has 5 nitrogen and oxygen atoms in total. The van der Waals surface area contributed by atoms with Crippen LogP contribution in [0.5, 0.6) is 0 Å². The summed E-state index contributed by atoms with van der Waals surface area (Å²) in [6.07, 6.45) is 1.07. The van der Waals surface area contributed by atoms with Gasteiger partial charge in [0.25, 0.3) is 5.91 Å². The van der Waals surface area contributed by atoms with E-state index in [-0.39, 0.29) is 11.8 Å². The van der Waals surface area contributed by atoms with Crippen LogP contribution in [0.15, 0.2) is 30.3 Å². The number of para-hydroxylation sites is 1. The van der Waals surface area contributed by atoms with Gasteiger partial charge in [0.05, 0.1) is 5.92 Å². The van der Waals surface area contributed by atoms with E-state index in [1.54, 1.807) is 4.90 Å². The van der Waals surface area contributed by atoms with E-state index in [0.717, 1.165) is 10.9 Å². The van der Waals surface area contributed by atoms with E-state index in [4.69, 9.17) is 5.11 Å². The van der Waals surface area contributed by atoms with Crippen molar-refractivity contribution in [3.8, 4) is 0 Å². The number of carboxylic acids is 1. The molecule has 1 aromatic carbocycles. The summed E-state index contributed by atoms with van der Waals surface area (Å²) in [6, 6.07) is 9.79. The van der Waals surface area contributed by atoms with Gasteiger partial charge in [-0.25, -0.2) is 0 Å². The van der Waals surface area contributed by atoms with Crippen molar-refractivity contribution in [2.24, 2.45) is 13.0 Å². The summed E-state index contributed by atoms with van der Waals surface area (Å²) in [5.74, 6) is -1.09. The van der Waals surface area contributed by atoms with Crippen molar-refractivity contribution < 1.29 is 14.7 Å². The quantitative estimate of drug-likeness (QED) is 0.919. The number of nitrogens with zero attached hydrogens (tertiary/aromatic N) is 2. The van der Waals surface area contributed by atoms with Crippen LogP contribution in [-0.2, 0) is 11.8 Å². The normalized spacial score (nSPS) is 16.3. The Balaban J connectivity index is 1.82. The molecule has 21 heavy (non-hydrogen) atoms. The van der Waals surface area contributed by atoms with Crippen molar-refractivity contribution >= 4 is 22.8 Å². The molecular formula is C16H18N2O3. The average Bonchev–Trinajstić information content (AvgIpc) is 2.84.